The standard InChI is InChI=1S/C23H20N4O3S/c1-2-13-24-31(29,30)20-7-5-6-18(15-20)23(28)25-19-11-9-17(10-12-19)21-16-27-14-4-3-8-22(27)26-21/h2-12,14-16,24H,1,13H2,(H,25,28). The van der Waals surface area contributed by atoms with Gasteiger partial charge in [0.15, 0.2) is 0 Å². The Labute approximate surface area is 180 Å². The van der Waals surface area contributed by atoms with E-state index in [0.29, 0.717) is 5.69 Å². The third kappa shape index (κ3) is 4.55. The molecule has 2 N–H and O–H groups in total. The second kappa shape index (κ2) is 8.55. The number of fused-ring (bicyclic) bond motifs is 1. The minimum absolute atomic E-state index is 0.0178. The number of benzene rings is 2. The van der Waals surface area contributed by atoms with Gasteiger partial charge in [-0.3, -0.25) is 4.79 Å². The molecular weight excluding hydrogens is 412 g/mol. The van der Waals surface area contributed by atoms with E-state index in [2.05, 4.69) is 21.6 Å². The van der Waals surface area contributed by atoms with Gasteiger partial charge in [-0.2, -0.15) is 0 Å². The minimum Gasteiger partial charge on any atom is -0.322 e. The topological polar surface area (TPSA) is 92.6 Å². The lowest BCUT2D eigenvalue weighted by Gasteiger charge is -2.08. The Balaban J connectivity index is 1.50. The fourth-order valence-corrected chi connectivity index (χ4v) is 4.10. The maximum Gasteiger partial charge on any atom is 0.255 e. The average Bonchev–Trinajstić information content (AvgIpc) is 3.22. The van der Waals surface area contributed by atoms with E-state index in [-0.39, 0.29) is 17.0 Å². The van der Waals surface area contributed by atoms with E-state index in [9.17, 15) is 13.2 Å². The van der Waals surface area contributed by atoms with Crippen molar-refractivity contribution < 1.29 is 13.2 Å². The summed E-state index contributed by atoms with van der Waals surface area (Å²) in [4.78, 5) is 17.2. The van der Waals surface area contributed by atoms with Gasteiger partial charge in [0.05, 0.1) is 10.6 Å². The summed E-state index contributed by atoms with van der Waals surface area (Å²) in [5, 5.41) is 2.79. The molecule has 31 heavy (non-hydrogen) atoms. The van der Waals surface area contributed by atoms with E-state index in [1.165, 1.54) is 24.3 Å². The average molecular weight is 433 g/mol. The highest BCUT2D eigenvalue weighted by atomic mass is 32.2. The maximum absolute atomic E-state index is 12.6. The third-order valence-electron chi connectivity index (χ3n) is 4.63. The lowest BCUT2D eigenvalue weighted by molar-refractivity contribution is 0.102. The third-order valence-corrected chi connectivity index (χ3v) is 6.05. The number of hydrogen-bond acceptors (Lipinski definition) is 4. The van der Waals surface area contributed by atoms with E-state index in [1.807, 2.05) is 47.1 Å². The lowest BCUT2D eigenvalue weighted by atomic mass is 10.1. The van der Waals surface area contributed by atoms with Crippen LogP contribution in [0.4, 0.5) is 5.69 Å². The van der Waals surface area contributed by atoms with Crippen LogP contribution in [0.25, 0.3) is 16.9 Å². The maximum atomic E-state index is 12.6. The summed E-state index contributed by atoms with van der Waals surface area (Å²) in [6.07, 6.45) is 5.32. The molecule has 156 valence electrons. The number of aromatic nitrogens is 2. The Morgan fingerprint density at radius 2 is 1.87 bits per heavy atom. The normalized spacial score (nSPS) is 11.4. The van der Waals surface area contributed by atoms with Gasteiger partial charge in [-0.15, -0.1) is 6.58 Å². The number of nitrogens with zero attached hydrogens (tertiary/aromatic N) is 2. The summed E-state index contributed by atoms with van der Waals surface area (Å²) in [6.45, 7) is 3.60. The highest BCUT2D eigenvalue weighted by Gasteiger charge is 2.15. The summed E-state index contributed by atoms with van der Waals surface area (Å²) in [5.74, 6) is -0.402. The molecule has 0 saturated carbocycles. The summed E-state index contributed by atoms with van der Waals surface area (Å²) < 4.78 is 28.9. The van der Waals surface area contributed by atoms with E-state index in [4.69, 9.17) is 0 Å². The molecule has 2 aromatic carbocycles. The molecule has 4 rings (SSSR count). The molecule has 4 aromatic rings. The van der Waals surface area contributed by atoms with Crippen molar-refractivity contribution in [1.29, 1.82) is 0 Å². The van der Waals surface area contributed by atoms with Crippen LogP contribution in [-0.4, -0.2) is 30.3 Å². The number of anilines is 1. The molecule has 0 bridgehead atoms. The second-order valence-corrected chi connectivity index (χ2v) is 8.56. The molecule has 0 atom stereocenters. The number of rotatable bonds is 7. The van der Waals surface area contributed by atoms with E-state index < -0.39 is 15.9 Å². The van der Waals surface area contributed by atoms with Gasteiger partial charge in [0.1, 0.15) is 5.65 Å². The number of amides is 1. The number of nitrogens with one attached hydrogen (secondary N) is 2. The monoisotopic (exact) mass is 432 g/mol. The zero-order chi connectivity index (χ0) is 21.8. The minimum atomic E-state index is -3.71. The molecule has 0 spiro atoms. The van der Waals surface area contributed by atoms with Crippen molar-refractivity contribution in [3.05, 3.63) is 97.3 Å². The molecule has 0 aliphatic rings. The molecule has 7 nitrogen and oxygen atoms in total. The molecule has 0 aliphatic carbocycles. The van der Waals surface area contributed by atoms with Crippen molar-refractivity contribution in [1.82, 2.24) is 14.1 Å². The first-order valence-corrected chi connectivity index (χ1v) is 11.0. The van der Waals surface area contributed by atoms with Crippen molar-refractivity contribution in [3.8, 4) is 11.3 Å². The van der Waals surface area contributed by atoms with Gasteiger partial charge in [-0.05, 0) is 42.5 Å². The van der Waals surface area contributed by atoms with Gasteiger partial charge < -0.3 is 9.72 Å². The van der Waals surface area contributed by atoms with Gasteiger partial charge in [0, 0.05) is 35.8 Å². The van der Waals surface area contributed by atoms with Crippen LogP contribution >= 0.6 is 0 Å². The second-order valence-electron chi connectivity index (χ2n) is 6.79. The molecule has 0 saturated heterocycles. The Bertz CT molecular complexity index is 1330. The van der Waals surface area contributed by atoms with Crippen molar-refractivity contribution in [3.63, 3.8) is 0 Å². The SMILES string of the molecule is C=CCNS(=O)(=O)c1cccc(C(=O)Nc2ccc(-c3cn4ccccc4n3)cc2)c1. The molecule has 1 amide bonds. The Morgan fingerprint density at radius 3 is 2.61 bits per heavy atom. The van der Waals surface area contributed by atoms with Crippen LogP contribution in [0.5, 0.6) is 0 Å². The Kier molecular flexibility index (Phi) is 5.66. The number of hydrogen-bond donors (Lipinski definition) is 2. The van der Waals surface area contributed by atoms with E-state index in [0.717, 1.165) is 16.9 Å². The Morgan fingerprint density at radius 1 is 1.06 bits per heavy atom. The van der Waals surface area contributed by atoms with Crippen LogP contribution in [0.1, 0.15) is 10.4 Å². The van der Waals surface area contributed by atoms with Crippen LogP contribution in [0, 0.1) is 0 Å². The van der Waals surface area contributed by atoms with Crippen LogP contribution in [0.3, 0.4) is 0 Å². The molecule has 2 aromatic heterocycles. The highest BCUT2D eigenvalue weighted by molar-refractivity contribution is 7.89. The van der Waals surface area contributed by atoms with Crippen LogP contribution < -0.4 is 10.0 Å². The van der Waals surface area contributed by atoms with Crippen LogP contribution in [0.2, 0.25) is 0 Å². The molecule has 0 fully saturated rings. The largest absolute Gasteiger partial charge is 0.322 e. The van der Waals surface area contributed by atoms with Gasteiger partial charge >= 0.3 is 0 Å². The summed E-state index contributed by atoms with van der Waals surface area (Å²) in [6, 6.07) is 19.0. The number of sulfonamides is 1. The molecule has 8 heteroatoms. The first-order valence-electron chi connectivity index (χ1n) is 9.52. The quantitative estimate of drug-likeness (QED) is 0.436. The lowest BCUT2D eigenvalue weighted by Crippen LogP contribution is -2.24. The van der Waals surface area contributed by atoms with Gasteiger partial charge in [0.2, 0.25) is 10.0 Å². The summed E-state index contributed by atoms with van der Waals surface area (Å²) >= 11 is 0. The number of carbonyl (C=O) groups is 1. The fraction of sp³-hybridized carbons (Fsp3) is 0.0435. The smallest absolute Gasteiger partial charge is 0.255 e. The molecule has 2 heterocycles. The molecular formula is C23H20N4O3S. The summed E-state index contributed by atoms with van der Waals surface area (Å²) in [5.41, 5.74) is 3.44. The molecule has 0 unspecified atom stereocenters. The van der Waals surface area contributed by atoms with Crippen LogP contribution in [-0.2, 0) is 10.0 Å². The summed E-state index contributed by atoms with van der Waals surface area (Å²) in [7, 11) is -3.71. The van der Waals surface area contributed by atoms with Gasteiger partial charge in [-0.25, -0.2) is 18.1 Å². The van der Waals surface area contributed by atoms with Crippen molar-refractivity contribution in [2.75, 3.05) is 11.9 Å². The number of imidazole rings is 1. The molecule has 0 radical (unpaired) electrons. The van der Waals surface area contributed by atoms with E-state index in [1.54, 1.807) is 18.2 Å². The molecule has 0 aliphatic heterocycles. The number of pyridine rings is 1. The van der Waals surface area contributed by atoms with Gasteiger partial charge in [-0.1, -0.05) is 30.3 Å². The van der Waals surface area contributed by atoms with Crippen molar-refractivity contribution in [2.45, 2.75) is 4.90 Å². The predicted molar refractivity (Wildman–Crippen MR) is 120 cm³/mol. The van der Waals surface area contributed by atoms with Crippen molar-refractivity contribution in [2.24, 2.45) is 0 Å². The van der Waals surface area contributed by atoms with Crippen LogP contribution in [0.15, 0.2) is 96.7 Å². The highest BCUT2D eigenvalue weighted by Crippen LogP contribution is 2.22. The Hall–Kier alpha value is -3.75. The number of carbonyl (C=O) groups excluding carboxylic acids is 1. The fourth-order valence-electron chi connectivity index (χ4n) is 3.06. The zero-order valence-electron chi connectivity index (χ0n) is 16.5. The first-order chi connectivity index (χ1) is 15.0. The zero-order valence-corrected chi connectivity index (χ0v) is 17.3. The van der Waals surface area contributed by atoms with Gasteiger partial charge in [0.25, 0.3) is 5.91 Å². The van der Waals surface area contributed by atoms with Crippen molar-refractivity contribution >= 4 is 27.3 Å². The first kappa shape index (κ1) is 20.5. The predicted octanol–water partition coefficient (Wildman–Crippen LogP) is 3.72. The van der Waals surface area contributed by atoms with E-state index >= 15 is 0 Å².